The Morgan fingerprint density at radius 1 is 1.32 bits per heavy atom. The third-order valence-corrected chi connectivity index (χ3v) is 5.45. The summed E-state index contributed by atoms with van der Waals surface area (Å²) in [5.41, 5.74) is 2.08. The molecule has 2 nitrogen and oxygen atoms in total. The van der Waals surface area contributed by atoms with Gasteiger partial charge in [-0.05, 0) is 55.5 Å². The number of piperazine rings is 1. The summed E-state index contributed by atoms with van der Waals surface area (Å²) in [6.45, 7) is 12.8. The summed E-state index contributed by atoms with van der Waals surface area (Å²) in [6, 6.07) is 2.26. The highest BCUT2D eigenvalue weighted by molar-refractivity contribution is 7.07. The molecule has 0 radical (unpaired) electrons. The molecule has 0 bridgehead atoms. The first-order valence-electron chi connectivity index (χ1n) is 7.52. The molecule has 0 amide bonds. The van der Waals surface area contributed by atoms with Crippen LogP contribution < -0.4 is 5.32 Å². The third-order valence-electron chi connectivity index (χ3n) is 4.72. The number of nitrogens with one attached hydrogen (secondary N) is 1. The lowest BCUT2D eigenvalue weighted by Crippen LogP contribution is -2.68. The van der Waals surface area contributed by atoms with E-state index in [4.69, 9.17) is 0 Å². The zero-order valence-corrected chi connectivity index (χ0v) is 13.6. The number of hydrogen-bond acceptors (Lipinski definition) is 3. The molecule has 1 fully saturated rings. The van der Waals surface area contributed by atoms with Crippen LogP contribution >= 0.6 is 11.3 Å². The minimum absolute atomic E-state index is 0.239. The second kappa shape index (κ2) is 5.94. The summed E-state index contributed by atoms with van der Waals surface area (Å²) >= 11 is 1.81. The molecule has 1 aromatic heterocycles. The Morgan fingerprint density at radius 2 is 2.05 bits per heavy atom. The van der Waals surface area contributed by atoms with Crippen molar-refractivity contribution in [3.8, 4) is 0 Å². The van der Waals surface area contributed by atoms with Crippen molar-refractivity contribution in [2.45, 2.75) is 58.0 Å². The minimum atomic E-state index is 0.239. The van der Waals surface area contributed by atoms with Crippen molar-refractivity contribution in [2.75, 3.05) is 19.6 Å². The second-order valence-corrected chi connectivity index (χ2v) is 7.25. The van der Waals surface area contributed by atoms with Crippen molar-refractivity contribution >= 4 is 11.3 Å². The highest BCUT2D eigenvalue weighted by Crippen LogP contribution is 2.30. The van der Waals surface area contributed by atoms with Crippen molar-refractivity contribution in [3.05, 3.63) is 22.4 Å². The van der Waals surface area contributed by atoms with E-state index < -0.39 is 0 Å². The predicted octanol–water partition coefficient (Wildman–Crippen LogP) is 3.53. The maximum absolute atomic E-state index is 3.73. The van der Waals surface area contributed by atoms with Gasteiger partial charge in [0.05, 0.1) is 0 Å². The van der Waals surface area contributed by atoms with Crippen molar-refractivity contribution in [3.63, 3.8) is 0 Å². The van der Waals surface area contributed by atoms with Crippen LogP contribution in [0.2, 0.25) is 0 Å². The maximum atomic E-state index is 3.73. The van der Waals surface area contributed by atoms with Gasteiger partial charge in [0, 0.05) is 30.7 Å². The van der Waals surface area contributed by atoms with Crippen LogP contribution in [0.25, 0.3) is 0 Å². The summed E-state index contributed by atoms with van der Waals surface area (Å²) < 4.78 is 0. The second-order valence-electron chi connectivity index (χ2n) is 6.47. The summed E-state index contributed by atoms with van der Waals surface area (Å²) in [6.07, 6.45) is 3.65. The number of thiophene rings is 1. The van der Waals surface area contributed by atoms with E-state index in [0.717, 1.165) is 13.1 Å². The van der Waals surface area contributed by atoms with Crippen molar-refractivity contribution < 1.29 is 0 Å². The Morgan fingerprint density at radius 3 is 2.63 bits per heavy atom. The lowest BCUT2D eigenvalue weighted by atomic mass is 9.84. The van der Waals surface area contributed by atoms with E-state index in [9.17, 15) is 0 Å². The summed E-state index contributed by atoms with van der Waals surface area (Å²) in [7, 11) is 0. The molecule has 108 valence electrons. The van der Waals surface area contributed by atoms with Crippen LogP contribution in [0.4, 0.5) is 0 Å². The predicted molar refractivity (Wildman–Crippen MR) is 85.0 cm³/mol. The van der Waals surface area contributed by atoms with Gasteiger partial charge < -0.3 is 5.32 Å². The van der Waals surface area contributed by atoms with Crippen molar-refractivity contribution in [1.82, 2.24) is 10.2 Å². The van der Waals surface area contributed by atoms with Gasteiger partial charge in [-0.15, -0.1) is 0 Å². The molecule has 0 aliphatic carbocycles. The molecule has 0 aromatic carbocycles. The zero-order valence-electron chi connectivity index (χ0n) is 12.8. The first-order chi connectivity index (χ1) is 9.01. The van der Waals surface area contributed by atoms with Crippen LogP contribution in [0.15, 0.2) is 16.8 Å². The molecule has 1 N–H and O–H groups in total. The Kier molecular flexibility index (Phi) is 4.70. The van der Waals surface area contributed by atoms with Crippen molar-refractivity contribution in [2.24, 2.45) is 0 Å². The highest BCUT2D eigenvalue weighted by Gasteiger charge is 2.41. The molecule has 0 atom stereocenters. The van der Waals surface area contributed by atoms with Crippen LogP contribution in [0.5, 0.6) is 0 Å². The smallest absolute Gasteiger partial charge is 0.0329 e. The lowest BCUT2D eigenvalue weighted by Gasteiger charge is -2.52. The number of rotatable bonds is 5. The SMILES string of the molecule is CCC1(CC)CNC(C)(C)CN1CCc1ccsc1. The first kappa shape index (κ1) is 15.0. The van der Waals surface area contributed by atoms with Gasteiger partial charge in [-0.2, -0.15) is 11.3 Å². The Bertz CT molecular complexity index is 379. The summed E-state index contributed by atoms with van der Waals surface area (Å²) in [5, 5.41) is 8.20. The van der Waals surface area contributed by atoms with Gasteiger partial charge >= 0.3 is 0 Å². The maximum Gasteiger partial charge on any atom is 0.0329 e. The molecule has 2 rings (SSSR count). The van der Waals surface area contributed by atoms with Gasteiger partial charge in [0.1, 0.15) is 0 Å². The Balaban J connectivity index is 2.06. The van der Waals surface area contributed by atoms with E-state index in [2.05, 4.69) is 54.7 Å². The van der Waals surface area contributed by atoms with Crippen LogP contribution in [0.1, 0.15) is 46.1 Å². The molecule has 1 aliphatic rings. The van der Waals surface area contributed by atoms with Crippen molar-refractivity contribution in [1.29, 1.82) is 0 Å². The molecule has 0 unspecified atom stereocenters. The standard InChI is InChI=1S/C16H28N2S/c1-5-16(6-2)12-17-15(3,4)13-18(16)9-7-14-8-10-19-11-14/h8,10-11,17H,5-7,9,12-13H2,1-4H3. The summed E-state index contributed by atoms with van der Waals surface area (Å²) in [5.74, 6) is 0. The number of nitrogens with zero attached hydrogens (tertiary/aromatic N) is 1. The molecule has 19 heavy (non-hydrogen) atoms. The van der Waals surface area contributed by atoms with Crippen LogP contribution in [0, 0.1) is 0 Å². The Labute approximate surface area is 122 Å². The van der Waals surface area contributed by atoms with Crippen LogP contribution in [-0.4, -0.2) is 35.6 Å². The zero-order chi connectivity index (χ0) is 13.9. The molecule has 0 spiro atoms. The molecule has 3 heteroatoms. The molecule has 1 aromatic rings. The van der Waals surface area contributed by atoms with Crippen LogP contribution in [0.3, 0.4) is 0 Å². The Hall–Kier alpha value is -0.380. The molecule has 1 aliphatic heterocycles. The van der Waals surface area contributed by atoms with E-state index in [1.807, 2.05) is 0 Å². The van der Waals surface area contributed by atoms with Gasteiger partial charge in [0.2, 0.25) is 0 Å². The highest BCUT2D eigenvalue weighted by atomic mass is 32.1. The molecule has 0 saturated carbocycles. The van der Waals surface area contributed by atoms with E-state index in [0.29, 0.717) is 5.54 Å². The average Bonchev–Trinajstić information content (AvgIpc) is 2.90. The summed E-state index contributed by atoms with van der Waals surface area (Å²) in [4.78, 5) is 2.74. The minimum Gasteiger partial charge on any atom is -0.309 e. The van der Waals surface area contributed by atoms with Gasteiger partial charge in [-0.25, -0.2) is 0 Å². The third kappa shape index (κ3) is 3.39. The fourth-order valence-electron chi connectivity index (χ4n) is 3.18. The van der Waals surface area contributed by atoms with E-state index >= 15 is 0 Å². The molecule has 2 heterocycles. The normalized spacial score (nSPS) is 22.5. The molecular formula is C16H28N2S. The van der Waals surface area contributed by atoms with E-state index in [-0.39, 0.29) is 5.54 Å². The molecular weight excluding hydrogens is 252 g/mol. The topological polar surface area (TPSA) is 15.3 Å². The largest absolute Gasteiger partial charge is 0.309 e. The first-order valence-corrected chi connectivity index (χ1v) is 8.47. The average molecular weight is 280 g/mol. The van der Waals surface area contributed by atoms with Gasteiger partial charge in [-0.3, -0.25) is 4.90 Å². The van der Waals surface area contributed by atoms with E-state index in [1.165, 1.54) is 31.4 Å². The fourth-order valence-corrected chi connectivity index (χ4v) is 3.88. The van der Waals surface area contributed by atoms with Crippen LogP contribution in [-0.2, 0) is 6.42 Å². The fraction of sp³-hybridized carbons (Fsp3) is 0.750. The molecule has 1 saturated heterocycles. The van der Waals surface area contributed by atoms with Gasteiger partial charge in [0.15, 0.2) is 0 Å². The van der Waals surface area contributed by atoms with Gasteiger partial charge in [0.25, 0.3) is 0 Å². The quantitative estimate of drug-likeness (QED) is 0.887. The van der Waals surface area contributed by atoms with E-state index in [1.54, 1.807) is 11.3 Å². The monoisotopic (exact) mass is 280 g/mol. The number of hydrogen-bond donors (Lipinski definition) is 1. The lowest BCUT2D eigenvalue weighted by molar-refractivity contribution is 0.00992. The van der Waals surface area contributed by atoms with Gasteiger partial charge in [-0.1, -0.05) is 13.8 Å².